The number of fused-ring (bicyclic) bond motifs is 1. The van der Waals surface area contributed by atoms with Crippen molar-refractivity contribution in [1.82, 2.24) is 4.90 Å². The highest BCUT2D eigenvalue weighted by Gasteiger charge is 2.52. The summed E-state index contributed by atoms with van der Waals surface area (Å²) in [4.78, 5) is 38.1. The monoisotopic (exact) mass is 510 g/mol. The molecule has 188 valence electrons. The quantitative estimate of drug-likeness (QED) is 0.635. The summed E-state index contributed by atoms with van der Waals surface area (Å²) in [6, 6.07) is 8.25. The SMILES string of the molecule is CC(=O)CC(C)(c1ccc(NC(=O)C2c3ccc(S(C)(=O)=O)cc3CN2C(C)=O)cc1)C(F)(F)F. The Morgan fingerprint density at radius 1 is 1.06 bits per heavy atom. The number of carbonyl (C=O) groups is 3. The van der Waals surface area contributed by atoms with Gasteiger partial charge in [-0.15, -0.1) is 0 Å². The lowest BCUT2D eigenvalue weighted by atomic mass is 9.77. The summed E-state index contributed by atoms with van der Waals surface area (Å²) in [5.41, 5.74) is -1.32. The van der Waals surface area contributed by atoms with Crippen LogP contribution in [-0.2, 0) is 36.2 Å². The van der Waals surface area contributed by atoms with E-state index in [4.69, 9.17) is 0 Å². The summed E-state index contributed by atoms with van der Waals surface area (Å²) < 4.78 is 64.9. The highest BCUT2D eigenvalue weighted by molar-refractivity contribution is 7.90. The second-order valence-electron chi connectivity index (χ2n) is 8.96. The van der Waals surface area contributed by atoms with E-state index in [9.17, 15) is 36.0 Å². The Labute approximate surface area is 201 Å². The maximum absolute atomic E-state index is 13.7. The Morgan fingerprint density at radius 3 is 2.14 bits per heavy atom. The third-order valence-electron chi connectivity index (χ3n) is 6.16. The minimum atomic E-state index is -4.66. The maximum atomic E-state index is 13.7. The molecule has 0 saturated carbocycles. The van der Waals surface area contributed by atoms with Crippen LogP contribution in [0.1, 0.15) is 49.9 Å². The van der Waals surface area contributed by atoms with Crippen LogP contribution in [-0.4, -0.2) is 43.3 Å². The van der Waals surface area contributed by atoms with Gasteiger partial charge in [-0.2, -0.15) is 13.2 Å². The van der Waals surface area contributed by atoms with Crippen LogP contribution in [0.2, 0.25) is 0 Å². The van der Waals surface area contributed by atoms with Gasteiger partial charge in [0.05, 0.1) is 10.3 Å². The number of ketones is 1. The van der Waals surface area contributed by atoms with E-state index in [0.29, 0.717) is 11.1 Å². The van der Waals surface area contributed by atoms with Crippen LogP contribution in [0.3, 0.4) is 0 Å². The molecule has 0 fully saturated rings. The number of anilines is 1. The van der Waals surface area contributed by atoms with E-state index in [1.54, 1.807) is 0 Å². The first kappa shape index (κ1) is 26.4. The van der Waals surface area contributed by atoms with Crippen molar-refractivity contribution in [2.45, 2.75) is 56.3 Å². The topological polar surface area (TPSA) is 101 Å². The summed E-state index contributed by atoms with van der Waals surface area (Å²) in [6.45, 7) is 3.37. The standard InChI is InChI=1S/C24H25F3N2O5S/c1-14(30)12-23(3,24(25,26)27)17-5-7-18(8-6-17)28-22(32)21-20-10-9-19(35(4,33)34)11-16(20)13-29(21)15(2)31/h5-11,21H,12-13H2,1-4H3,(H,28,32). The van der Waals surface area contributed by atoms with E-state index in [-0.39, 0.29) is 22.7 Å². The van der Waals surface area contributed by atoms with Crippen molar-refractivity contribution < 1.29 is 36.0 Å². The molecule has 1 N–H and O–H groups in total. The normalized spacial score (nSPS) is 17.5. The molecule has 2 atom stereocenters. The van der Waals surface area contributed by atoms with E-state index in [1.165, 1.54) is 54.3 Å². The third-order valence-corrected chi connectivity index (χ3v) is 7.27. The number of benzene rings is 2. The summed E-state index contributed by atoms with van der Waals surface area (Å²) >= 11 is 0. The molecule has 2 aromatic rings. The van der Waals surface area contributed by atoms with Gasteiger partial charge in [-0.05, 0) is 54.8 Å². The van der Waals surface area contributed by atoms with Crippen molar-refractivity contribution in [2.24, 2.45) is 0 Å². The maximum Gasteiger partial charge on any atom is 0.398 e. The van der Waals surface area contributed by atoms with Crippen LogP contribution in [0.25, 0.3) is 0 Å². The Balaban J connectivity index is 1.89. The van der Waals surface area contributed by atoms with Crippen LogP contribution >= 0.6 is 0 Å². The van der Waals surface area contributed by atoms with E-state index in [2.05, 4.69) is 5.32 Å². The molecule has 0 spiro atoms. The summed E-state index contributed by atoms with van der Waals surface area (Å²) in [5.74, 6) is -1.60. The smallest absolute Gasteiger partial charge is 0.324 e. The molecule has 11 heteroatoms. The first-order valence-electron chi connectivity index (χ1n) is 10.6. The fourth-order valence-corrected chi connectivity index (χ4v) is 4.90. The van der Waals surface area contributed by atoms with Crippen molar-refractivity contribution in [1.29, 1.82) is 0 Å². The first-order valence-corrected chi connectivity index (χ1v) is 12.5. The predicted molar refractivity (Wildman–Crippen MR) is 122 cm³/mol. The minimum absolute atomic E-state index is 0.0417. The number of nitrogens with zero attached hydrogens (tertiary/aromatic N) is 1. The summed E-state index contributed by atoms with van der Waals surface area (Å²) in [5, 5.41) is 2.61. The Kier molecular flexibility index (Phi) is 6.86. The molecule has 1 aliphatic rings. The lowest BCUT2D eigenvalue weighted by Gasteiger charge is -2.32. The molecule has 1 heterocycles. The number of nitrogens with one attached hydrogen (secondary N) is 1. The lowest BCUT2D eigenvalue weighted by molar-refractivity contribution is -0.188. The largest absolute Gasteiger partial charge is 0.398 e. The number of hydrogen-bond donors (Lipinski definition) is 1. The van der Waals surface area contributed by atoms with Gasteiger partial charge in [-0.3, -0.25) is 14.4 Å². The Morgan fingerprint density at radius 2 is 1.66 bits per heavy atom. The number of alkyl halides is 3. The fraction of sp³-hybridized carbons (Fsp3) is 0.375. The summed E-state index contributed by atoms with van der Waals surface area (Å²) in [6.07, 6.45) is -4.33. The molecule has 2 unspecified atom stereocenters. The van der Waals surface area contributed by atoms with Gasteiger partial charge < -0.3 is 10.2 Å². The van der Waals surface area contributed by atoms with Crippen molar-refractivity contribution in [3.63, 3.8) is 0 Å². The third kappa shape index (κ3) is 5.24. The Hall–Kier alpha value is -3.21. The average Bonchev–Trinajstić information content (AvgIpc) is 3.11. The zero-order valence-corrected chi connectivity index (χ0v) is 20.4. The molecule has 0 saturated heterocycles. The molecule has 7 nitrogen and oxygen atoms in total. The summed E-state index contributed by atoms with van der Waals surface area (Å²) in [7, 11) is -3.49. The van der Waals surface area contributed by atoms with Crippen LogP contribution in [0.15, 0.2) is 47.4 Å². The molecule has 1 aliphatic heterocycles. The number of rotatable bonds is 6. The average molecular weight is 511 g/mol. The predicted octanol–water partition coefficient (Wildman–Crippen LogP) is 3.93. The highest BCUT2D eigenvalue weighted by atomic mass is 32.2. The molecule has 35 heavy (non-hydrogen) atoms. The van der Waals surface area contributed by atoms with Crippen LogP contribution in [0.4, 0.5) is 18.9 Å². The molecule has 0 radical (unpaired) electrons. The number of carbonyl (C=O) groups excluding carboxylic acids is 3. The number of Topliss-reactive ketones (excluding diaryl/α,β-unsaturated/α-hetero) is 1. The Bertz CT molecular complexity index is 1290. The second kappa shape index (κ2) is 9.10. The molecular weight excluding hydrogens is 485 g/mol. The van der Waals surface area contributed by atoms with Crippen LogP contribution < -0.4 is 5.32 Å². The van der Waals surface area contributed by atoms with Gasteiger partial charge in [0.2, 0.25) is 5.91 Å². The van der Waals surface area contributed by atoms with Crippen molar-refractivity contribution in [3.05, 3.63) is 59.2 Å². The van der Waals surface area contributed by atoms with Gasteiger partial charge in [-0.1, -0.05) is 18.2 Å². The van der Waals surface area contributed by atoms with Gasteiger partial charge in [0, 0.05) is 31.8 Å². The zero-order valence-electron chi connectivity index (χ0n) is 19.6. The zero-order chi connectivity index (χ0) is 26.3. The molecule has 3 rings (SSSR count). The van der Waals surface area contributed by atoms with Gasteiger partial charge in [-0.25, -0.2) is 8.42 Å². The van der Waals surface area contributed by atoms with Gasteiger partial charge in [0.1, 0.15) is 11.8 Å². The van der Waals surface area contributed by atoms with E-state index in [1.807, 2.05) is 0 Å². The second-order valence-corrected chi connectivity index (χ2v) is 11.0. The minimum Gasteiger partial charge on any atom is -0.324 e. The van der Waals surface area contributed by atoms with E-state index >= 15 is 0 Å². The van der Waals surface area contributed by atoms with Crippen molar-refractivity contribution in [2.75, 3.05) is 11.6 Å². The first-order chi connectivity index (χ1) is 16.0. The van der Waals surface area contributed by atoms with E-state index < -0.39 is 51.5 Å². The number of sulfone groups is 1. The fourth-order valence-electron chi connectivity index (χ4n) is 4.23. The number of halogens is 3. The van der Waals surface area contributed by atoms with Gasteiger partial charge in [0.15, 0.2) is 9.84 Å². The van der Waals surface area contributed by atoms with Crippen LogP contribution in [0.5, 0.6) is 0 Å². The van der Waals surface area contributed by atoms with Crippen LogP contribution in [0, 0.1) is 0 Å². The van der Waals surface area contributed by atoms with Crippen molar-refractivity contribution in [3.8, 4) is 0 Å². The van der Waals surface area contributed by atoms with Gasteiger partial charge >= 0.3 is 6.18 Å². The molecule has 0 aliphatic carbocycles. The van der Waals surface area contributed by atoms with E-state index in [0.717, 1.165) is 20.1 Å². The highest BCUT2D eigenvalue weighted by Crippen LogP contribution is 2.44. The molecule has 0 bridgehead atoms. The number of hydrogen-bond acceptors (Lipinski definition) is 5. The number of amides is 2. The molecular formula is C24H25F3N2O5S. The van der Waals surface area contributed by atoms with Gasteiger partial charge in [0.25, 0.3) is 5.91 Å². The molecule has 2 aromatic carbocycles. The molecule has 0 aromatic heterocycles. The lowest BCUT2D eigenvalue weighted by Crippen LogP contribution is -2.41. The molecule has 2 amide bonds. The van der Waals surface area contributed by atoms with Crippen molar-refractivity contribution >= 4 is 33.1 Å².